The second-order valence-electron chi connectivity index (χ2n) is 8.37. The molecular weight excluding hydrogens is 384 g/mol. The predicted octanol–water partition coefficient (Wildman–Crippen LogP) is 1.87. The van der Waals surface area contributed by atoms with Crippen LogP contribution in [0, 0.1) is 6.92 Å². The molecule has 4 heterocycles. The molecule has 0 aromatic carbocycles. The summed E-state index contributed by atoms with van der Waals surface area (Å²) >= 11 is 0. The van der Waals surface area contributed by atoms with Crippen LogP contribution in [0.1, 0.15) is 38.2 Å². The number of anilines is 2. The monoisotopic (exact) mass is 408 g/mol. The molecule has 30 heavy (non-hydrogen) atoms. The standard InChI is InChI=1S/C20H24N8O2/c1-12-8-16-22-11-23-27(16)10-14(12)24-18-21-9-15-17(25-18)28(19(30)26(15)3)20(2)6-4-13(29)5-7-20/h8-11,13,29H,4-7H2,1-3H3,(H,21,24,25). The van der Waals surface area contributed by atoms with Crippen molar-refractivity contribution < 1.29 is 5.11 Å². The number of aliphatic hydroxyl groups excluding tert-OH is 1. The Morgan fingerprint density at radius 1 is 1.27 bits per heavy atom. The van der Waals surface area contributed by atoms with Gasteiger partial charge in [0.25, 0.3) is 0 Å². The molecule has 0 atom stereocenters. The molecule has 5 rings (SSSR count). The van der Waals surface area contributed by atoms with E-state index in [0.29, 0.717) is 30.0 Å². The molecule has 4 aromatic heterocycles. The quantitative estimate of drug-likeness (QED) is 0.532. The van der Waals surface area contributed by atoms with Crippen LogP contribution in [-0.2, 0) is 12.6 Å². The number of nitrogens with one attached hydrogen (secondary N) is 1. The number of nitrogens with zero attached hydrogens (tertiary/aromatic N) is 7. The van der Waals surface area contributed by atoms with Crippen molar-refractivity contribution in [3.05, 3.63) is 40.8 Å². The molecule has 10 heteroatoms. The molecule has 0 saturated heterocycles. The summed E-state index contributed by atoms with van der Waals surface area (Å²) in [5.74, 6) is 0.406. The van der Waals surface area contributed by atoms with Crippen molar-refractivity contribution in [3.8, 4) is 0 Å². The lowest BCUT2D eigenvalue weighted by atomic mass is 9.81. The van der Waals surface area contributed by atoms with Gasteiger partial charge in [0.05, 0.1) is 24.2 Å². The van der Waals surface area contributed by atoms with E-state index in [1.54, 1.807) is 26.9 Å². The minimum Gasteiger partial charge on any atom is -0.393 e. The van der Waals surface area contributed by atoms with Gasteiger partial charge < -0.3 is 10.4 Å². The average molecular weight is 408 g/mol. The van der Waals surface area contributed by atoms with Crippen molar-refractivity contribution >= 4 is 28.4 Å². The Morgan fingerprint density at radius 3 is 2.80 bits per heavy atom. The highest BCUT2D eigenvalue weighted by molar-refractivity contribution is 5.73. The van der Waals surface area contributed by atoms with Crippen LogP contribution in [0.2, 0.25) is 0 Å². The van der Waals surface area contributed by atoms with Gasteiger partial charge >= 0.3 is 5.69 Å². The van der Waals surface area contributed by atoms with E-state index in [1.807, 2.05) is 19.2 Å². The number of fused-ring (bicyclic) bond motifs is 2. The molecule has 10 nitrogen and oxygen atoms in total. The van der Waals surface area contributed by atoms with Crippen LogP contribution >= 0.6 is 0 Å². The Hall–Kier alpha value is -3.27. The van der Waals surface area contributed by atoms with E-state index >= 15 is 0 Å². The zero-order valence-electron chi connectivity index (χ0n) is 17.2. The molecule has 0 bridgehead atoms. The van der Waals surface area contributed by atoms with Gasteiger partial charge in [0.1, 0.15) is 11.8 Å². The van der Waals surface area contributed by atoms with Gasteiger partial charge in [-0.1, -0.05) is 0 Å². The van der Waals surface area contributed by atoms with Crippen molar-refractivity contribution in [1.82, 2.24) is 33.7 Å². The molecule has 0 amide bonds. The Labute approximate surface area is 172 Å². The van der Waals surface area contributed by atoms with Gasteiger partial charge in [-0.05, 0) is 51.2 Å². The molecule has 0 spiro atoms. The summed E-state index contributed by atoms with van der Waals surface area (Å²) in [6.07, 6.45) is 7.51. The lowest BCUT2D eigenvalue weighted by molar-refractivity contribution is 0.0757. The largest absolute Gasteiger partial charge is 0.393 e. The minimum atomic E-state index is -0.392. The number of imidazole rings is 1. The van der Waals surface area contributed by atoms with Gasteiger partial charge in [-0.3, -0.25) is 9.13 Å². The van der Waals surface area contributed by atoms with Crippen LogP contribution in [0.5, 0.6) is 0 Å². The smallest absolute Gasteiger partial charge is 0.330 e. The van der Waals surface area contributed by atoms with E-state index < -0.39 is 5.54 Å². The van der Waals surface area contributed by atoms with Crippen LogP contribution in [0.4, 0.5) is 11.6 Å². The minimum absolute atomic E-state index is 0.115. The summed E-state index contributed by atoms with van der Waals surface area (Å²) in [5.41, 5.74) is 3.33. The van der Waals surface area contributed by atoms with Crippen molar-refractivity contribution in [1.29, 1.82) is 0 Å². The molecule has 2 N–H and O–H groups in total. The van der Waals surface area contributed by atoms with E-state index in [1.165, 1.54) is 6.33 Å². The van der Waals surface area contributed by atoms with E-state index in [-0.39, 0.29) is 11.8 Å². The third-order valence-electron chi connectivity index (χ3n) is 6.24. The van der Waals surface area contributed by atoms with Crippen molar-refractivity contribution in [2.45, 2.75) is 51.2 Å². The fourth-order valence-corrected chi connectivity index (χ4v) is 4.31. The van der Waals surface area contributed by atoms with Gasteiger partial charge in [0, 0.05) is 12.6 Å². The van der Waals surface area contributed by atoms with Gasteiger partial charge in [-0.25, -0.2) is 19.3 Å². The number of aliphatic hydroxyl groups is 1. The molecule has 0 radical (unpaired) electrons. The van der Waals surface area contributed by atoms with Crippen LogP contribution in [0.25, 0.3) is 16.8 Å². The third-order valence-corrected chi connectivity index (χ3v) is 6.24. The van der Waals surface area contributed by atoms with E-state index in [2.05, 4.69) is 27.3 Å². The number of hydrogen-bond acceptors (Lipinski definition) is 7. The fraction of sp³-hybridized carbons (Fsp3) is 0.450. The highest BCUT2D eigenvalue weighted by Gasteiger charge is 2.35. The van der Waals surface area contributed by atoms with E-state index in [4.69, 9.17) is 4.98 Å². The Kier molecular flexibility index (Phi) is 4.14. The Bertz CT molecular complexity index is 1310. The molecule has 156 valence electrons. The zero-order chi connectivity index (χ0) is 21.0. The van der Waals surface area contributed by atoms with Crippen molar-refractivity contribution in [2.24, 2.45) is 7.05 Å². The molecule has 1 aliphatic rings. The SMILES string of the molecule is Cc1cc2ncnn2cc1Nc1ncc2c(n1)n(C1(C)CCC(O)CC1)c(=O)n2C. The Balaban J connectivity index is 1.59. The van der Waals surface area contributed by atoms with Gasteiger partial charge in [0.15, 0.2) is 11.3 Å². The maximum Gasteiger partial charge on any atom is 0.330 e. The van der Waals surface area contributed by atoms with Crippen LogP contribution in [-0.4, -0.2) is 44.9 Å². The molecule has 0 aliphatic heterocycles. The molecule has 0 unspecified atom stereocenters. The van der Waals surface area contributed by atoms with E-state index in [9.17, 15) is 9.90 Å². The molecule has 1 fully saturated rings. The third kappa shape index (κ3) is 2.86. The number of aromatic nitrogens is 7. The van der Waals surface area contributed by atoms with E-state index in [0.717, 1.165) is 29.7 Å². The summed E-state index contributed by atoms with van der Waals surface area (Å²) in [4.78, 5) is 26.4. The summed E-state index contributed by atoms with van der Waals surface area (Å²) in [7, 11) is 1.74. The molecule has 4 aromatic rings. The summed E-state index contributed by atoms with van der Waals surface area (Å²) in [6.45, 7) is 4.04. The number of aryl methyl sites for hydroxylation is 2. The fourth-order valence-electron chi connectivity index (χ4n) is 4.31. The summed E-state index contributed by atoms with van der Waals surface area (Å²) in [6, 6.07) is 1.93. The first-order valence-corrected chi connectivity index (χ1v) is 10.1. The average Bonchev–Trinajstić information content (AvgIpc) is 3.27. The van der Waals surface area contributed by atoms with Crippen LogP contribution < -0.4 is 11.0 Å². The zero-order valence-corrected chi connectivity index (χ0v) is 17.2. The topological polar surface area (TPSA) is 115 Å². The lowest BCUT2D eigenvalue weighted by Crippen LogP contribution is -2.42. The molecule has 1 aliphatic carbocycles. The predicted molar refractivity (Wildman–Crippen MR) is 112 cm³/mol. The first-order chi connectivity index (χ1) is 14.4. The lowest BCUT2D eigenvalue weighted by Gasteiger charge is -2.36. The van der Waals surface area contributed by atoms with Gasteiger partial charge in [0.2, 0.25) is 5.95 Å². The van der Waals surface area contributed by atoms with Crippen LogP contribution in [0.3, 0.4) is 0 Å². The van der Waals surface area contributed by atoms with Gasteiger partial charge in [-0.15, -0.1) is 0 Å². The normalized spacial score (nSPS) is 22.1. The highest BCUT2D eigenvalue weighted by atomic mass is 16.3. The van der Waals surface area contributed by atoms with Crippen molar-refractivity contribution in [3.63, 3.8) is 0 Å². The van der Waals surface area contributed by atoms with Gasteiger partial charge in [-0.2, -0.15) is 10.1 Å². The second-order valence-corrected chi connectivity index (χ2v) is 8.37. The Morgan fingerprint density at radius 2 is 2.03 bits per heavy atom. The summed E-state index contributed by atoms with van der Waals surface area (Å²) in [5, 5.41) is 17.4. The van der Waals surface area contributed by atoms with Crippen molar-refractivity contribution in [2.75, 3.05) is 5.32 Å². The maximum absolute atomic E-state index is 13.1. The second kappa shape index (κ2) is 6.63. The number of hydrogen-bond donors (Lipinski definition) is 2. The first kappa shape index (κ1) is 18.7. The van der Waals surface area contributed by atoms with Crippen LogP contribution in [0.15, 0.2) is 29.6 Å². The summed E-state index contributed by atoms with van der Waals surface area (Å²) < 4.78 is 5.04. The molecular formula is C20H24N8O2. The number of pyridine rings is 1. The number of rotatable bonds is 3. The first-order valence-electron chi connectivity index (χ1n) is 10.1. The maximum atomic E-state index is 13.1. The highest BCUT2D eigenvalue weighted by Crippen LogP contribution is 2.35. The molecule has 1 saturated carbocycles.